The zero-order valence-electron chi connectivity index (χ0n) is 11.5. The van der Waals surface area contributed by atoms with Gasteiger partial charge in [0.1, 0.15) is 5.69 Å². The van der Waals surface area contributed by atoms with Crippen LogP contribution in [0.25, 0.3) is 23.0 Å². The van der Waals surface area contributed by atoms with Crippen LogP contribution >= 0.6 is 0 Å². The first-order chi connectivity index (χ1) is 10.8. The van der Waals surface area contributed by atoms with Crippen molar-refractivity contribution in [2.75, 3.05) is 0 Å². The molecule has 3 aromatic rings. The number of pyridine rings is 1. The van der Waals surface area contributed by atoms with Crippen LogP contribution in [0, 0.1) is 6.92 Å². The standard InChI is InChI=1S/C13H8F3N5O2/c1-6-8(4-7(5-17-6)13(14,15)16)12-18-11(21-23-12)9-2-3-10(22)20-19-9/h2-5H,1H3,(H,20,22). The number of aromatic nitrogens is 5. The van der Waals surface area contributed by atoms with Crippen molar-refractivity contribution in [3.8, 4) is 23.0 Å². The first kappa shape index (κ1) is 14.9. The van der Waals surface area contributed by atoms with Crippen LogP contribution in [0.1, 0.15) is 11.3 Å². The van der Waals surface area contributed by atoms with Crippen LogP contribution in [0.15, 0.2) is 33.7 Å². The molecule has 3 aromatic heterocycles. The third kappa shape index (κ3) is 2.96. The molecule has 0 aliphatic carbocycles. The van der Waals surface area contributed by atoms with Gasteiger partial charge in [0.25, 0.3) is 11.4 Å². The lowest BCUT2D eigenvalue weighted by atomic mass is 10.1. The number of rotatable bonds is 2. The van der Waals surface area contributed by atoms with E-state index in [0.717, 1.165) is 12.3 Å². The summed E-state index contributed by atoms with van der Waals surface area (Å²) in [6.45, 7) is 1.53. The summed E-state index contributed by atoms with van der Waals surface area (Å²) in [7, 11) is 0. The van der Waals surface area contributed by atoms with Crippen LogP contribution in [0.2, 0.25) is 0 Å². The number of alkyl halides is 3. The Labute approximate surface area is 126 Å². The molecule has 0 fully saturated rings. The molecule has 0 atom stereocenters. The van der Waals surface area contributed by atoms with Crippen molar-refractivity contribution >= 4 is 0 Å². The molecule has 0 unspecified atom stereocenters. The maximum atomic E-state index is 12.8. The molecule has 0 spiro atoms. The fourth-order valence-electron chi connectivity index (χ4n) is 1.81. The van der Waals surface area contributed by atoms with Gasteiger partial charge < -0.3 is 4.52 Å². The highest BCUT2D eigenvalue weighted by Crippen LogP contribution is 2.32. The molecule has 0 radical (unpaired) electrons. The first-order valence-corrected chi connectivity index (χ1v) is 6.28. The van der Waals surface area contributed by atoms with Crippen molar-refractivity contribution in [3.05, 3.63) is 46.0 Å². The molecule has 10 heteroatoms. The topological polar surface area (TPSA) is 97.6 Å². The smallest absolute Gasteiger partial charge is 0.333 e. The van der Waals surface area contributed by atoms with Crippen LogP contribution in [0.4, 0.5) is 13.2 Å². The summed E-state index contributed by atoms with van der Waals surface area (Å²) in [5.41, 5.74) is -0.724. The second-order valence-electron chi connectivity index (χ2n) is 4.58. The van der Waals surface area contributed by atoms with E-state index < -0.39 is 17.3 Å². The van der Waals surface area contributed by atoms with Gasteiger partial charge in [-0.25, -0.2) is 5.10 Å². The normalized spacial score (nSPS) is 11.7. The quantitative estimate of drug-likeness (QED) is 0.776. The van der Waals surface area contributed by atoms with Crippen molar-refractivity contribution in [1.29, 1.82) is 0 Å². The molecule has 0 aliphatic rings. The molecule has 23 heavy (non-hydrogen) atoms. The molecule has 0 bridgehead atoms. The van der Waals surface area contributed by atoms with E-state index in [1.165, 1.54) is 19.1 Å². The number of aryl methyl sites for hydroxylation is 1. The number of hydrogen-bond acceptors (Lipinski definition) is 6. The van der Waals surface area contributed by atoms with Gasteiger partial charge in [0, 0.05) is 12.3 Å². The Hall–Kier alpha value is -3.04. The zero-order valence-corrected chi connectivity index (χ0v) is 11.5. The molecule has 0 aromatic carbocycles. The second-order valence-corrected chi connectivity index (χ2v) is 4.58. The Balaban J connectivity index is 2.03. The number of aromatic amines is 1. The average molecular weight is 323 g/mol. The fourth-order valence-corrected chi connectivity index (χ4v) is 1.81. The maximum absolute atomic E-state index is 12.8. The monoisotopic (exact) mass is 323 g/mol. The molecule has 0 aliphatic heterocycles. The highest BCUT2D eigenvalue weighted by atomic mass is 19.4. The van der Waals surface area contributed by atoms with E-state index >= 15 is 0 Å². The predicted molar refractivity (Wildman–Crippen MR) is 71.1 cm³/mol. The Morgan fingerprint density at radius 3 is 2.70 bits per heavy atom. The van der Waals surface area contributed by atoms with Gasteiger partial charge in [0.05, 0.1) is 16.8 Å². The lowest BCUT2D eigenvalue weighted by Crippen LogP contribution is -2.06. The fraction of sp³-hybridized carbons (Fsp3) is 0.154. The van der Waals surface area contributed by atoms with E-state index in [2.05, 4.69) is 25.3 Å². The van der Waals surface area contributed by atoms with Crippen LogP contribution in [-0.4, -0.2) is 25.3 Å². The Bertz CT molecular complexity index is 896. The van der Waals surface area contributed by atoms with Crippen LogP contribution in [-0.2, 0) is 6.18 Å². The number of H-pyrrole nitrogens is 1. The van der Waals surface area contributed by atoms with Crippen molar-refractivity contribution < 1.29 is 17.7 Å². The number of hydrogen-bond donors (Lipinski definition) is 1. The lowest BCUT2D eigenvalue weighted by molar-refractivity contribution is -0.137. The molecule has 7 nitrogen and oxygen atoms in total. The highest BCUT2D eigenvalue weighted by Gasteiger charge is 2.32. The van der Waals surface area contributed by atoms with Crippen molar-refractivity contribution in [2.45, 2.75) is 13.1 Å². The van der Waals surface area contributed by atoms with Gasteiger partial charge in [-0.3, -0.25) is 9.78 Å². The second kappa shape index (κ2) is 5.30. The molecule has 0 saturated carbocycles. The number of nitrogens with zero attached hydrogens (tertiary/aromatic N) is 4. The summed E-state index contributed by atoms with van der Waals surface area (Å²) in [5.74, 6) is -0.0860. The summed E-state index contributed by atoms with van der Waals surface area (Å²) in [4.78, 5) is 18.7. The summed E-state index contributed by atoms with van der Waals surface area (Å²) in [6, 6.07) is 3.47. The molecule has 1 N–H and O–H groups in total. The summed E-state index contributed by atoms with van der Waals surface area (Å²) in [5, 5.41) is 9.56. The number of nitrogens with one attached hydrogen (secondary N) is 1. The SMILES string of the molecule is Cc1ncc(C(F)(F)F)cc1-c1nc(-c2ccc(=O)[nH]n2)no1. The highest BCUT2D eigenvalue weighted by molar-refractivity contribution is 5.60. The average Bonchev–Trinajstić information content (AvgIpc) is 2.97. The molecular weight excluding hydrogens is 315 g/mol. The van der Waals surface area contributed by atoms with E-state index in [4.69, 9.17) is 4.52 Å². The Morgan fingerprint density at radius 2 is 2.04 bits per heavy atom. The Kier molecular flexibility index (Phi) is 3.43. The minimum atomic E-state index is -4.53. The minimum Gasteiger partial charge on any atom is -0.333 e. The van der Waals surface area contributed by atoms with Crippen LogP contribution < -0.4 is 5.56 Å². The van der Waals surface area contributed by atoms with Crippen LogP contribution in [0.3, 0.4) is 0 Å². The molecule has 118 valence electrons. The molecule has 0 saturated heterocycles. The molecular formula is C13H8F3N5O2. The van der Waals surface area contributed by atoms with Crippen molar-refractivity contribution in [3.63, 3.8) is 0 Å². The summed E-state index contributed by atoms with van der Waals surface area (Å²) < 4.78 is 43.3. The van der Waals surface area contributed by atoms with Crippen LogP contribution in [0.5, 0.6) is 0 Å². The van der Waals surface area contributed by atoms with Gasteiger partial charge in [-0.15, -0.1) is 0 Å². The van der Waals surface area contributed by atoms with E-state index in [1.54, 1.807) is 0 Å². The molecule has 3 rings (SSSR count). The molecule has 3 heterocycles. The third-order valence-electron chi connectivity index (χ3n) is 2.98. The minimum absolute atomic E-state index is 0.0352. The van der Waals surface area contributed by atoms with Crippen molar-refractivity contribution in [2.24, 2.45) is 0 Å². The van der Waals surface area contributed by atoms with E-state index in [-0.39, 0.29) is 23.0 Å². The maximum Gasteiger partial charge on any atom is 0.417 e. The van der Waals surface area contributed by atoms with Gasteiger partial charge in [-0.2, -0.15) is 23.3 Å². The largest absolute Gasteiger partial charge is 0.417 e. The first-order valence-electron chi connectivity index (χ1n) is 6.28. The summed E-state index contributed by atoms with van der Waals surface area (Å²) in [6.07, 6.45) is -3.79. The molecule has 0 amide bonds. The summed E-state index contributed by atoms with van der Waals surface area (Å²) >= 11 is 0. The van der Waals surface area contributed by atoms with Crippen molar-refractivity contribution in [1.82, 2.24) is 25.3 Å². The van der Waals surface area contributed by atoms with Gasteiger partial charge in [0.2, 0.25) is 5.82 Å². The van der Waals surface area contributed by atoms with Gasteiger partial charge in [-0.1, -0.05) is 5.16 Å². The number of halogens is 3. The van der Waals surface area contributed by atoms with Gasteiger partial charge in [-0.05, 0) is 19.1 Å². The van der Waals surface area contributed by atoms with E-state index in [9.17, 15) is 18.0 Å². The third-order valence-corrected chi connectivity index (χ3v) is 2.98. The predicted octanol–water partition coefficient (Wildman–Crippen LogP) is 2.21. The Morgan fingerprint density at radius 1 is 1.26 bits per heavy atom. The zero-order chi connectivity index (χ0) is 16.6. The lowest BCUT2D eigenvalue weighted by Gasteiger charge is -2.08. The van der Waals surface area contributed by atoms with E-state index in [0.29, 0.717) is 5.69 Å². The van der Waals surface area contributed by atoms with E-state index in [1.807, 2.05) is 0 Å². The van der Waals surface area contributed by atoms with Gasteiger partial charge in [0.15, 0.2) is 0 Å². The van der Waals surface area contributed by atoms with Gasteiger partial charge >= 0.3 is 6.18 Å².